The zero-order chi connectivity index (χ0) is 22.6. The monoisotopic (exact) mass is 433 g/mol. The molecular formula is C28H35NO3. The second-order valence-electron chi connectivity index (χ2n) is 8.84. The molecule has 0 N–H and O–H groups in total. The van der Waals surface area contributed by atoms with Gasteiger partial charge in [-0.05, 0) is 73.2 Å². The zero-order valence-electron chi connectivity index (χ0n) is 19.2. The van der Waals surface area contributed by atoms with E-state index >= 15 is 0 Å². The van der Waals surface area contributed by atoms with Gasteiger partial charge in [0.15, 0.2) is 0 Å². The fourth-order valence-electron chi connectivity index (χ4n) is 4.69. The maximum atomic E-state index is 12.3. The third-order valence-electron chi connectivity index (χ3n) is 6.52. The van der Waals surface area contributed by atoms with Crippen LogP contribution in [0.2, 0.25) is 0 Å². The van der Waals surface area contributed by atoms with Crippen LogP contribution < -0.4 is 9.47 Å². The first-order valence-electron chi connectivity index (χ1n) is 12.1. The lowest BCUT2D eigenvalue weighted by Crippen LogP contribution is -2.20. The molecule has 2 unspecified atom stereocenters. The Morgan fingerprint density at radius 3 is 2.16 bits per heavy atom. The first-order valence-corrected chi connectivity index (χ1v) is 12.1. The molecule has 32 heavy (non-hydrogen) atoms. The minimum Gasteiger partial charge on any atom is -0.494 e. The lowest BCUT2D eigenvalue weighted by molar-refractivity contribution is 0.0734. The summed E-state index contributed by atoms with van der Waals surface area (Å²) in [6.45, 7) is 2.99. The maximum Gasteiger partial charge on any atom is 0.343 e. The number of carbonyl (C=O) groups excluding carboxylic acids is 1. The fraction of sp³-hybridized carbons (Fsp3) is 0.500. The third kappa shape index (κ3) is 7.41. The molecule has 3 rings (SSSR count). The van der Waals surface area contributed by atoms with Crippen LogP contribution in [0.25, 0.3) is 0 Å². The van der Waals surface area contributed by atoms with Crippen molar-refractivity contribution in [3.63, 3.8) is 0 Å². The van der Waals surface area contributed by atoms with Crippen molar-refractivity contribution in [3.8, 4) is 17.6 Å². The summed E-state index contributed by atoms with van der Waals surface area (Å²) in [5.41, 5.74) is 1.00. The number of nitriles is 1. The first kappa shape index (κ1) is 23.9. The van der Waals surface area contributed by atoms with Crippen LogP contribution >= 0.6 is 0 Å². The molecule has 4 nitrogen and oxygen atoms in total. The summed E-state index contributed by atoms with van der Waals surface area (Å²) in [4.78, 5) is 12.3. The molecule has 1 saturated carbocycles. The maximum absolute atomic E-state index is 12.3. The van der Waals surface area contributed by atoms with Crippen LogP contribution in [0.5, 0.6) is 11.5 Å². The second-order valence-corrected chi connectivity index (χ2v) is 8.84. The largest absolute Gasteiger partial charge is 0.494 e. The van der Waals surface area contributed by atoms with Crippen molar-refractivity contribution in [2.75, 3.05) is 6.61 Å². The molecule has 2 aromatic carbocycles. The highest BCUT2D eigenvalue weighted by Crippen LogP contribution is 2.36. The van der Waals surface area contributed by atoms with Crippen molar-refractivity contribution in [3.05, 3.63) is 59.7 Å². The van der Waals surface area contributed by atoms with Crippen molar-refractivity contribution in [1.29, 1.82) is 5.26 Å². The van der Waals surface area contributed by atoms with Gasteiger partial charge < -0.3 is 9.47 Å². The molecule has 0 saturated heterocycles. The van der Waals surface area contributed by atoms with Gasteiger partial charge in [0.2, 0.25) is 0 Å². The summed E-state index contributed by atoms with van der Waals surface area (Å²) in [7, 11) is 0. The molecule has 2 atom stereocenters. The Bertz CT molecular complexity index is 867. The van der Waals surface area contributed by atoms with Crippen LogP contribution in [0.4, 0.5) is 0 Å². The molecule has 0 heterocycles. The average molecular weight is 434 g/mol. The molecule has 1 aliphatic carbocycles. The molecular weight excluding hydrogens is 398 g/mol. The minimum atomic E-state index is -0.423. The van der Waals surface area contributed by atoms with Crippen molar-refractivity contribution >= 4 is 5.97 Å². The van der Waals surface area contributed by atoms with E-state index in [1.165, 1.54) is 57.8 Å². The standard InChI is InChI=1S/C28H35NO3/c1-2-3-4-8-23-9-5-6-10-24(23)11-7-20-31-26-18-14-25(15-19-26)28(30)32-27-16-12-22(21-29)13-17-27/h12-19,23-24H,2-11,20H2,1H3. The van der Waals surface area contributed by atoms with Crippen LogP contribution in [0.1, 0.15) is 87.1 Å². The molecule has 0 aliphatic heterocycles. The van der Waals surface area contributed by atoms with E-state index in [0.717, 1.165) is 24.0 Å². The predicted octanol–water partition coefficient (Wildman–Crippen LogP) is 7.32. The molecule has 4 heteroatoms. The van der Waals surface area contributed by atoms with Gasteiger partial charge in [0.05, 0.1) is 23.8 Å². The van der Waals surface area contributed by atoms with Gasteiger partial charge in [-0.3, -0.25) is 0 Å². The van der Waals surface area contributed by atoms with E-state index < -0.39 is 5.97 Å². The van der Waals surface area contributed by atoms with Crippen molar-refractivity contribution in [1.82, 2.24) is 0 Å². The Hall–Kier alpha value is -2.80. The van der Waals surface area contributed by atoms with Gasteiger partial charge >= 0.3 is 5.97 Å². The summed E-state index contributed by atoms with van der Waals surface area (Å²) in [6.07, 6.45) is 13.4. The van der Waals surface area contributed by atoms with Gasteiger partial charge in [-0.15, -0.1) is 0 Å². The van der Waals surface area contributed by atoms with Crippen molar-refractivity contribution < 1.29 is 14.3 Å². The topological polar surface area (TPSA) is 59.3 Å². The Kier molecular flexibility index (Phi) is 9.62. The van der Waals surface area contributed by atoms with Crippen LogP contribution in [-0.2, 0) is 0 Å². The molecule has 2 aromatic rings. The quantitative estimate of drug-likeness (QED) is 0.211. The van der Waals surface area contributed by atoms with E-state index in [1.807, 2.05) is 18.2 Å². The minimum absolute atomic E-state index is 0.421. The number of hydrogen-bond donors (Lipinski definition) is 0. The molecule has 0 radical (unpaired) electrons. The molecule has 0 spiro atoms. The van der Waals surface area contributed by atoms with E-state index in [4.69, 9.17) is 14.7 Å². The van der Waals surface area contributed by atoms with E-state index in [-0.39, 0.29) is 0 Å². The second kappa shape index (κ2) is 12.9. The zero-order valence-corrected chi connectivity index (χ0v) is 19.2. The molecule has 1 aliphatic rings. The van der Waals surface area contributed by atoms with Gasteiger partial charge in [0.25, 0.3) is 0 Å². The van der Waals surface area contributed by atoms with Gasteiger partial charge in [0, 0.05) is 0 Å². The van der Waals surface area contributed by atoms with Crippen LogP contribution in [-0.4, -0.2) is 12.6 Å². The molecule has 170 valence electrons. The summed E-state index contributed by atoms with van der Waals surface area (Å²) >= 11 is 0. The first-order chi connectivity index (χ1) is 15.7. The highest BCUT2D eigenvalue weighted by Gasteiger charge is 2.24. The molecule has 0 amide bonds. The van der Waals surface area contributed by atoms with E-state index in [0.29, 0.717) is 23.5 Å². The summed E-state index contributed by atoms with van der Waals surface area (Å²) in [5.74, 6) is 2.56. The van der Waals surface area contributed by atoms with Crippen LogP contribution in [0.3, 0.4) is 0 Å². The smallest absolute Gasteiger partial charge is 0.343 e. The van der Waals surface area contributed by atoms with E-state index in [9.17, 15) is 4.79 Å². The Morgan fingerprint density at radius 2 is 1.53 bits per heavy atom. The lowest BCUT2D eigenvalue weighted by atomic mass is 9.74. The summed E-state index contributed by atoms with van der Waals surface area (Å²) < 4.78 is 11.3. The number of hydrogen-bond acceptors (Lipinski definition) is 4. The number of nitrogens with zero attached hydrogens (tertiary/aromatic N) is 1. The van der Waals surface area contributed by atoms with Gasteiger partial charge in [-0.1, -0.05) is 58.3 Å². The van der Waals surface area contributed by atoms with Crippen molar-refractivity contribution in [2.24, 2.45) is 11.8 Å². The van der Waals surface area contributed by atoms with Gasteiger partial charge in [0.1, 0.15) is 11.5 Å². The van der Waals surface area contributed by atoms with Crippen LogP contribution in [0, 0.1) is 23.2 Å². The fourth-order valence-corrected chi connectivity index (χ4v) is 4.69. The summed E-state index contributed by atoms with van der Waals surface area (Å²) in [6, 6.07) is 15.6. The highest BCUT2D eigenvalue weighted by molar-refractivity contribution is 5.91. The number of unbranched alkanes of at least 4 members (excludes halogenated alkanes) is 2. The normalized spacial score (nSPS) is 18.0. The number of esters is 1. The lowest BCUT2D eigenvalue weighted by Gasteiger charge is -2.31. The Labute approximate surface area is 192 Å². The Balaban J connectivity index is 1.40. The number of carbonyl (C=O) groups is 1. The SMILES string of the molecule is CCCCCC1CCCCC1CCCOc1ccc(C(=O)Oc2ccc(C#N)cc2)cc1. The van der Waals surface area contributed by atoms with E-state index in [2.05, 4.69) is 6.92 Å². The molecule has 1 fully saturated rings. The highest BCUT2D eigenvalue weighted by atomic mass is 16.5. The number of rotatable bonds is 11. The number of ether oxygens (including phenoxy) is 2. The van der Waals surface area contributed by atoms with Crippen molar-refractivity contribution in [2.45, 2.75) is 71.1 Å². The third-order valence-corrected chi connectivity index (χ3v) is 6.52. The van der Waals surface area contributed by atoms with E-state index in [1.54, 1.807) is 36.4 Å². The van der Waals surface area contributed by atoms with Gasteiger partial charge in [-0.2, -0.15) is 5.26 Å². The van der Waals surface area contributed by atoms with Crippen LogP contribution in [0.15, 0.2) is 48.5 Å². The molecule has 0 bridgehead atoms. The Morgan fingerprint density at radius 1 is 0.906 bits per heavy atom. The molecule has 0 aromatic heterocycles. The average Bonchev–Trinajstić information content (AvgIpc) is 2.83. The van der Waals surface area contributed by atoms with Gasteiger partial charge in [-0.25, -0.2) is 4.79 Å². The number of benzene rings is 2. The summed E-state index contributed by atoms with van der Waals surface area (Å²) in [5, 5.41) is 8.84. The predicted molar refractivity (Wildman–Crippen MR) is 127 cm³/mol.